The second-order valence-electron chi connectivity index (χ2n) is 5.40. The first kappa shape index (κ1) is 14.6. The van der Waals surface area contributed by atoms with Crippen LogP contribution in [0.4, 0.5) is 16.2 Å². The fraction of sp³-hybridized carbons (Fsp3) is 0.400. The van der Waals surface area contributed by atoms with Gasteiger partial charge in [0.15, 0.2) is 0 Å². The second-order valence-corrected chi connectivity index (χ2v) is 5.40. The smallest absolute Gasteiger partial charge is 0.225 e. The molecule has 3 rings (SSSR count). The van der Waals surface area contributed by atoms with Crippen LogP contribution in [0.25, 0.3) is 0 Å². The van der Waals surface area contributed by atoms with E-state index >= 15 is 0 Å². The number of pyridine rings is 1. The van der Waals surface area contributed by atoms with Gasteiger partial charge in [0.05, 0.1) is 6.20 Å². The number of halogens is 1. The summed E-state index contributed by atoms with van der Waals surface area (Å²) in [6, 6.07) is 2.98. The van der Waals surface area contributed by atoms with Gasteiger partial charge in [-0.3, -0.25) is 0 Å². The van der Waals surface area contributed by atoms with Crippen LogP contribution in [0.1, 0.15) is 5.56 Å². The Bertz CT molecular complexity index is 592. The minimum absolute atomic E-state index is 0.342. The summed E-state index contributed by atoms with van der Waals surface area (Å²) in [5.74, 6) is 1.06. The van der Waals surface area contributed by atoms with Gasteiger partial charge in [-0.25, -0.2) is 19.3 Å². The molecule has 0 aromatic carbocycles. The molecule has 7 heteroatoms. The molecule has 1 saturated heterocycles. The number of nitrogens with zero attached hydrogens (tertiary/aromatic N) is 5. The fourth-order valence-corrected chi connectivity index (χ4v) is 2.28. The van der Waals surface area contributed by atoms with E-state index in [9.17, 15) is 4.39 Å². The van der Waals surface area contributed by atoms with Crippen molar-refractivity contribution in [3.05, 3.63) is 42.1 Å². The van der Waals surface area contributed by atoms with Gasteiger partial charge in [0.25, 0.3) is 0 Å². The molecule has 1 aliphatic heterocycles. The summed E-state index contributed by atoms with van der Waals surface area (Å²) in [5.41, 5.74) is 0.962. The Morgan fingerprint density at radius 2 is 1.77 bits per heavy atom. The van der Waals surface area contributed by atoms with E-state index in [-0.39, 0.29) is 5.82 Å². The van der Waals surface area contributed by atoms with Crippen LogP contribution in [0.2, 0.25) is 0 Å². The van der Waals surface area contributed by atoms with Crippen LogP contribution in [0.15, 0.2) is 30.7 Å². The van der Waals surface area contributed by atoms with Crippen LogP contribution in [-0.4, -0.2) is 53.1 Å². The van der Waals surface area contributed by atoms with Crippen LogP contribution in [0.3, 0.4) is 0 Å². The molecule has 0 atom stereocenters. The Kier molecular flexibility index (Phi) is 4.43. The largest absolute Gasteiger partial charge is 0.366 e. The van der Waals surface area contributed by atoms with Gasteiger partial charge < -0.3 is 15.1 Å². The van der Waals surface area contributed by atoms with Crippen molar-refractivity contribution in [2.24, 2.45) is 0 Å². The summed E-state index contributed by atoms with van der Waals surface area (Å²) in [4.78, 5) is 17.3. The molecule has 22 heavy (non-hydrogen) atoms. The Labute approximate surface area is 129 Å². The first-order chi connectivity index (χ1) is 10.7. The lowest BCUT2D eigenvalue weighted by atomic mass is 10.3. The molecule has 3 heterocycles. The number of anilines is 2. The van der Waals surface area contributed by atoms with Crippen molar-refractivity contribution in [2.75, 3.05) is 43.4 Å². The summed E-state index contributed by atoms with van der Waals surface area (Å²) in [6.07, 6.45) is 4.82. The van der Waals surface area contributed by atoms with Gasteiger partial charge in [-0.05, 0) is 19.2 Å². The van der Waals surface area contributed by atoms with Gasteiger partial charge in [0.2, 0.25) is 5.95 Å². The molecule has 6 nitrogen and oxygen atoms in total. The SMILES string of the molecule is CN1CCN(c2ncc(CNc3ccc(F)cn3)cn2)CC1. The summed E-state index contributed by atoms with van der Waals surface area (Å²) in [7, 11) is 2.12. The van der Waals surface area contributed by atoms with E-state index < -0.39 is 0 Å². The Hall–Kier alpha value is -2.28. The molecule has 1 fully saturated rings. The first-order valence-electron chi connectivity index (χ1n) is 7.30. The number of hydrogen-bond donors (Lipinski definition) is 1. The highest BCUT2D eigenvalue weighted by Gasteiger charge is 2.15. The van der Waals surface area contributed by atoms with Gasteiger partial charge >= 0.3 is 0 Å². The van der Waals surface area contributed by atoms with Gasteiger partial charge in [0, 0.05) is 50.7 Å². The minimum atomic E-state index is -0.342. The predicted molar refractivity (Wildman–Crippen MR) is 83.3 cm³/mol. The molecule has 1 aliphatic rings. The average molecular weight is 302 g/mol. The molecule has 116 valence electrons. The van der Waals surface area contributed by atoms with E-state index in [4.69, 9.17) is 0 Å². The standard InChI is InChI=1S/C15H19FN6/c1-21-4-6-22(7-5-21)15-19-9-12(10-20-15)8-17-14-3-2-13(16)11-18-14/h2-3,9-11H,4-8H2,1H3,(H,17,18). The zero-order valence-electron chi connectivity index (χ0n) is 12.5. The minimum Gasteiger partial charge on any atom is -0.366 e. The number of rotatable bonds is 4. The lowest BCUT2D eigenvalue weighted by Gasteiger charge is -2.32. The number of aromatic nitrogens is 3. The van der Waals surface area contributed by atoms with Crippen molar-refractivity contribution in [3.63, 3.8) is 0 Å². The number of piperazine rings is 1. The lowest BCUT2D eigenvalue weighted by Crippen LogP contribution is -2.45. The molecule has 2 aromatic heterocycles. The summed E-state index contributed by atoms with van der Waals surface area (Å²) in [6.45, 7) is 4.52. The van der Waals surface area contributed by atoms with Gasteiger partial charge in [-0.15, -0.1) is 0 Å². The highest BCUT2D eigenvalue weighted by Crippen LogP contribution is 2.11. The molecular weight excluding hydrogens is 283 g/mol. The summed E-state index contributed by atoms with van der Waals surface area (Å²) in [5, 5.41) is 3.11. The number of hydrogen-bond acceptors (Lipinski definition) is 6. The Morgan fingerprint density at radius 3 is 2.41 bits per heavy atom. The van der Waals surface area contributed by atoms with E-state index in [1.165, 1.54) is 12.3 Å². The van der Waals surface area contributed by atoms with E-state index in [0.29, 0.717) is 12.4 Å². The monoisotopic (exact) mass is 302 g/mol. The molecule has 0 spiro atoms. The van der Waals surface area contributed by atoms with E-state index in [0.717, 1.165) is 37.7 Å². The van der Waals surface area contributed by atoms with Gasteiger partial charge in [-0.2, -0.15) is 0 Å². The maximum atomic E-state index is 12.8. The van der Waals surface area contributed by atoms with Crippen LogP contribution >= 0.6 is 0 Å². The zero-order chi connectivity index (χ0) is 15.4. The highest BCUT2D eigenvalue weighted by atomic mass is 19.1. The highest BCUT2D eigenvalue weighted by molar-refractivity contribution is 5.35. The van der Waals surface area contributed by atoms with Crippen molar-refractivity contribution >= 4 is 11.8 Å². The maximum Gasteiger partial charge on any atom is 0.225 e. The molecule has 2 aromatic rings. The normalized spacial score (nSPS) is 15.8. The van der Waals surface area contributed by atoms with Crippen LogP contribution in [0.5, 0.6) is 0 Å². The van der Waals surface area contributed by atoms with Crippen LogP contribution in [-0.2, 0) is 6.54 Å². The second kappa shape index (κ2) is 6.65. The Balaban J connectivity index is 1.56. The molecule has 0 saturated carbocycles. The Morgan fingerprint density at radius 1 is 1.05 bits per heavy atom. The third-order valence-corrected chi connectivity index (χ3v) is 3.68. The van der Waals surface area contributed by atoms with E-state index in [2.05, 4.69) is 37.1 Å². The quantitative estimate of drug-likeness (QED) is 0.921. The van der Waals surface area contributed by atoms with Crippen molar-refractivity contribution in [1.82, 2.24) is 19.9 Å². The van der Waals surface area contributed by atoms with Crippen molar-refractivity contribution in [1.29, 1.82) is 0 Å². The summed E-state index contributed by atoms with van der Waals surface area (Å²) < 4.78 is 12.8. The molecular formula is C15H19FN6. The first-order valence-corrected chi connectivity index (χ1v) is 7.30. The number of nitrogens with one attached hydrogen (secondary N) is 1. The molecule has 0 amide bonds. The predicted octanol–water partition coefficient (Wildman–Crippen LogP) is 1.37. The number of likely N-dealkylation sites (N-methyl/N-ethyl adjacent to an activating group) is 1. The molecule has 0 unspecified atom stereocenters. The molecule has 0 aliphatic carbocycles. The van der Waals surface area contributed by atoms with Crippen molar-refractivity contribution < 1.29 is 4.39 Å². The third kappa shape index (κ3) is 3.67. The topological polar surface area (TPSA) is 57.2 Å². The molecule has 1 N–H and O–H groups in total. The van der Waals surface area contributed by atoms with Crippen molar-refractivity contribution in [2.45, 2.75) is 6.54 Å². The third-order valence-electron chi connectivity index (χ3n) is 3.68. The van der Waals surface area contributed by atoms with Crippen LogP contribution < -0.4 is 10.2 Å². The van der Waals surface area contributed by atoms with E-state index in [1.54, 1.807) is 6.07 Å². The fourth-order valence-electron chi connectivity index (χ4n) is 2.28. The molecule has 0 radical (unpaired) electrons. The molecule has 0 bridgehead atoms. The summed E-state index contributed by atoms with van der Waals surface area (Å²) >= 11 is 0. The lowest BCUT2D eigenvalue weighted by molar-refractivity contribution is 0.311. The van der Waals surface area contributed by atoms with Crippen LogP contribution in [0, 0.1) is 5.82 Å². The maximum absolute atomic E-state index is 12.8. The van der Waals surface area contributed by atoms with Gasteiger partial charge in [-0.1, -0.05) is 0 Å². The zero-order valence-corrected chi connectivity index (χ0v) is 12.5. The van der Waals surface area contributed by atoms with Gasteiger partial charge in [0.1, 0.15) is 11.6 Å². The average Bonchev–Trinajstić information content (AvgIpc) is 2.56. The van der Waals surface area contributed by atoms with E-state index in [1.807, 2.05) is 12.4 Å². The van der Waals surface area contributed by atoms with Crippen molar-refractivity contribution in [3.8, 4) is 0 Å².